The number of allylic oxidation sites excluding steroid dienone is 13. The summed E-state index contributed by atoms with van der Waals surface area (Å²) >= 11 is 0. The molecule has 5 aromatic carbocycles. The Kier molecular flexibility index (Phi) is 11.9. The maximum Gasteiger partial charge on any atom is 0.0779 e. The van der Waals surface area contributed by atoms with E-state index in [0.29, 0.717) is 0 Å². The van der Waals surface area contributed by atoms with Gasteiger partial charge in [0.2, 0.25) is 0 Å². The van der Waals surface area contributed by atoms with Crippen molar-refractivity contribution in [2.24, 2.45) is 0 Å². The summed E-state index contributed by atoms with van der Waals surface area (Å²) in [6.45, 7) is 8.92. The lowest BCUT2D eigenvalue weighted by atomic mass is 9.85. The summed E-state index contributed by atoms with van der Waals surface area (Å²) in [6.07, 6.45) is 25.9. The lowest BCUT2D eigenvalue weighted by Gasteiger charge is -2.30. The fourth-order valence-corrected chi connectivity index (χ4v) is 6.37. The smallest absolute Gasteiger partial charge is 0.0779 e. The Morgan fingerprint density at radius 1 is 0.577 bits per heavy atom. The summed E-state index contributed by atoms with van der Waals surface area (Å²) < 4.78 is 0. The largest absolute Gasteiger partial charge is 0.378 e. The molecule has 0 bridgehead atoms. The number of hydrogen-bond donors (Lipinski definition) is 1. The first-order chi connectivity index (χ1) is 25.6. The van der Waals surface area contributed by atoms with Crippen LogP contribution >= 0.6 is 0 Å². The number of nitrogens with one attached hydrogen (secondary N) is 1. The van der Waals surface area contributed by atoms with Gasteiger partial charge in [-0.2, -0.15) is 0 Å². The van der Waals surface area contributed by atoms with Crippen molar-refractivity contribution in [3.8, 4) is 11.1 Å². The molecule has 1 unspecified atom stereocenters. The van der Waals surface area contributed by atoms with Crippen LogP contribution in [-0.2, 0) is 0 Å². The monoisotopic (exact) mass is 671 g/mol. The minimum Gasteiger partial charge on any atom is -0.378 e. The van der Waals surface area contributed by atoms with Crippen LogP contribution in [0.25, 0.3) is 33.4 Å². The van der Waals surface area contributed by atoms with Gasteiger partial charge in [-0.15, -0.1) is 0 Å². The quantitative estimate of drug-likeness (QED) is 0.138. The number of hydrogen-bond acceptors (Lipinski definition) is 1. The molecule has 0 spiro atoms. The van der Waals surface area contributed by atoms with Gasteiger partial charge in [0, 0.05) is 0 Å². The second kappa shape index (κ2) is 17.5. The van der Waals surface area contributed by atoms with Gasteiger partial charge in [0.1, 0.15) is 0 Å². The van der Waals surface area contributed by atoms with Crippen molar-refractivity contribution in [2.75, 3.05) is 0 Å². The first-order valence-electron chi connectivity index (χ1n) is 17.8. The fourth-order valence-electron chi connectivity index (χ4n) is 6.37. The third-order valence-corrected chi connectivity index (χ3v) is 9.20. The Hall–Kier alpha value is -6.44. The van der Waals surface area contributed by atoms with Crippen LogP contribution in [0, 0.1) is 0 Å². The number of benzene rings is 5. The van der Waals surface area contributed by atoms with Gasteiger partial charge >= 0.3 is 0 Å². The fraction of sp³-hybridized carbons (Fsp3) is 0.0588. The molecule has 0 aliphatic carbocycles. The molecule has 52 heavy (non-hydrogen) atoms. The highest BCUT2D eigenvalue weighted by Gasteiger charge is 2.24. The third-order valence-electron chi connectivity index (χ3n) is 9.20. The van der Waals surface area contributed by atoms with Crippen molar-refractivity contribution < 1.29 is 0 Å². The minimum absolute atomic E-state index is 0.520. The zero-order chi connectivity index (χ0) is 36.0. The van der Waals surface area contributed by atoms with E-state index >= 15 is 0 Å². The third kappa shape index (κ3) is 8.82. The van der Waals surface area contributed by atoms with Crippen LogP contribution in [-0.4, -0.2) is 5.54 Å². The normalized spacial score (nSPS) is 18.6. The van der Waals surface area contributed by atoms with E-state index in [1.807, 2.05) is 24.4 Å². The first-order valence-corrected chi connectivity index (χ1v) is 17.8. The maximum atomic E-state index is 4.61. The predicted octanol–water partition coefficient (Wildman–Crippen LogP) is 13.1. The zero-order valence-electron chi connectivity index (χ0n) is 30.0. The molecule has 254 valence electrons. The molecule has 1 nitrogen and oxygen atoms in total. The molecule has 1 heteroatoms. The van der Waals surface area contributed by atoms with Crippen molar-refractivity contribution in [1.82, 2.24) is 5.32 Å². The van der Waals surface area contributed by atoms with Crippen molar-refractivity contribution in [3.63, 3.8) is 0 Å². The molecule has 6 rings (SSSR count). The highest BCUT2D eigenvalue weighted by molar-refractivity contribution is 6.07. The van der Waals surface area contributed by atoms with Gasteiger partial charge in [0.25, 0.3) is 0 Å². The Bertz CT molecular complexity index is 2210. The Labute approximate surface area is 310 Å². The summed E-state index contributed by atoms with van der Waals surface area (Å²) in [5, 5.41) is 3.70. The molecular formula is C51H45N. The van der Waals surface area contributed by atoms with Crippen LogP contribution in [0.4, 0.5) is 0 Å². The van der Waals surface area contributed by atoms with E-state index < -0.39 is 5.54 Å². The van der Waals surface area contributed by atoms with Crippen molar-refractivity contribution in [2.45, 2.75) is 19.4 Å². The molecule has 0 radical (unpaired) electrons. The van der Waals surface area contributed by atoms with Crippen molar-refractivity contribution >= 4 is 22.3 Å². The molecule has 0 saturated heterocycles. The van der Waals surface area contributed by atoms with Crippen molar-refractivity contribution in [1.29, 1.82) is 0 Å². The summed E-state index contributed by atoms with van der Waals surface area (Å²) in [5.41, 5.74) is 11.7. The molecule has 0 amide bonds. The summed E-state index contributed by atoms with van der Waals surface area (Å²) in [6, 6.07) is 50.8. The second-order valence-corrected chi connectivity index (χ2v) is 12.8. The Balaban J connectivity index is 1.59. The van der Waals surface area contributed by atoms with Crippen molar-refractivity contribution in [3.05, 3.63) is 253 Å². The molecule has 0 aromatic heterocycles. The average Bonchev–Trinajstić information content (AvgIpc) is 3.19. The zero-order valence-corrected chi connectivity index (χ0v) is 30.0. The van der Waals surface area contributed by atoms with Gasteiger partial charge in [-0.3, -0.25) is 0 Å². The molecule has 1 aliphatic rings. The van der Waals surface area contributed by atoms with Gasteiger partial charge < -0.3 is 5.32 Å². The molecule has 5 aromatic rings. The topological polar surface area (TPSA) is 12.0 Å². The van der Waals surface area contributed by atoms with Crippen LogP contribution in [0.5, 0.6) is 0 Å². The van der Waals surface area contributed by atoms with Gasteiger partial charge in [0.05, 0.1) is 5.54 Å². The van der Waals surface area contributed by atoms with E-state index in [-0.39, 0.29) is 0 Å². The lowest BCUT2D eigenvalue weighted by Crippen LogP contribution is -2.38. The Morgan fingerprint density at radius 3 is 1.83 bits per heavy atom. The molecule has 1 heterocycles. The van der Waals surface area contributed by atoms with E-state index in [0.717, 1.165) is 44.6 Å². The maximum absolute atomic E-state index is 4.61. The minimum atomic E-state index is -0.520. The summed E-state index contributed by atoms with van der Waals surface area (Å²) in [4.78, 5) is 0. The summed E-state index contributed by atoms with van der Waals surface area (Å²) in [5.74, 6) is 0. The predicted molar refractivity (Wildman–Crippen MR) is 226 cm³/mol. The molecule has 1 N–H and O–H groups in total. The van der Waals surface area contributed by atoms with E-state index in [1.54, 1.807) is 0 Å². The highest BCUT2D eigenvalue weighted by Crippen LogP contribution is 2.35. The van der Waals surface area contributed by atoms with Crippen LogP contribution < -0.4 is 5.32 Å². The van der Waals surface area contributed by atoms with E-state index in [9.17, 15) is 0 Å². The lowest BCUT2D eigenvalue weighted by molar-refractivity contribution is 0.593. The van der Waals surface area contributed by atoms with E-state index in [2.05, 4.69) is 220 Å². The van der Waals surface area contributed by atoms with E-state index in [4.69, 9.17) is 0 Å². The average molecular weight is 672 g/mol. The van der Waals surface area contributed by atoms with Crippen LogP contribution in [0.3, 0.4) is 0 Å². The molecule has 0 saturated carbocycles. The first kappa shape index (κ1) is 35.4. The Morgan fingerprint density at radius 2 is 1.15 bits per heavy atom. The van der Waals surface area contributed by atoms with Crippen LogP contribution in [0.15, 0.2) is 231 Å². The SMILES string of the molecule is C=C(\C(=C/C(=C\C=C(/C=C(\C=C\C)c1ccccc1-c1ccccc1)C1(C)/C=C/C=C\C=C/N1)c1ccccc1)c1ccccc1)c1ccccc1. The molecular weight excluding hydrogens is 627 g/mol. The van der Waals surface area contributed by atoms with E-state index in [1.165, 1.54) is 16.7 Å². The van der Waals surface area contributed by atoms with Gasteiger partial charge in [-0.1, -0.05) is 201 Å². The standard InChI is InChI=1S/C51H45N/c1-4-23-46(49-33-20-19-32-48(49)43-28-15-9-16-29-43)38-47(51(3)36-21-5-6-22-37-52-51)35-34-45(42-26-13-8-14-27-42)39-50(44-30-17-10-18-31-44)40(2)41-24-11-7-12-25-41/h4-39,52H,2H2,1,3H3/b6-5-,23-4+,36-21+,37-22-,45-34+,46-38+,47-35+,50-39+. The van der Waals surface area contributed by atoms with Gasteiger partial charge in [-0.25, -0.2) is 0 Å². The van der Waals surface area contributed by atoms with Gasteiger partial charge in [0.15, 0.2) is 0 Å². The summed E-state index contributed by atoms with van der Waals surface area (Å²) in [7, 11) is 0. The highest BCUT2D eigenvalue weighted by atomic mass is 14.9. The van der Waals surface area contributed by atoms with Crippen LogP contribution in [0.1, 0.15) is 36.1 Å². The van der Waals surface area contributed by atoms with Gasteiger partial charge in [-0.05, 0) is 99.5 Å². The molecule has 1 atom stereocenters. The molecule has 0 fully saturated rings. The molecule has 1 aliphatic heterocycles. The second-order valence-electron chi connectivity index (χ2n) is 12.8. The number of rotatable bonds is 11. The van der Waals surface area contributed by atoms with Crippen LogP contribution in [0.2, 0.25) is 0 Å².